The second-order valence-electron chi connectivity index (χ2n) is 4.62. The standard InChI is InChI=1S/C13H15N5O3/c1-7(6-10(19)20)8-2-4-9(5-3-8)15-12(21)11-16-13(14)18-17-11/h2-5,7H,6H2,1H3,(H,15,21)(H,19,20)(H3,14,16,17,18). The minimum Gasteiger partial charge on any atom is -0.481 e. The van der Waals surface area contributed by atoms with Crippen LogP contribution in [-0.2, 0) is 4.79 Å². The van der Waals surface area contributed by atoms with Gasteiger partial charge < -0.3 is 16.2 Å². The molecule has 8 nitrogen and oxygen atoms in total. The Hall–Kier alpha value is -2.90. The van der Waals surface area contributed by atoms with Gasteiger partial charge in [0, 0.05) is 5.69 Å². The summed E-state index contributed by atoms with van der Waals surface area (Å²) in [4.78, 5) is 26.2. The second-order valence-corrected chi connectivity index (χ2v) is 4.62. The normalized spacial score (nSPS) is 11.9. The summed E-state index contributed by atoms with van der Waals surface area (Å²) in [6.07, 6.45) is 0.0586. The van der Waals surface area contributed by atoms with Crippen LogP contribution in [-0.4, -0.2) is 32.2 Å². The first-order chi connectivity index (χ1) is 9.95. The van der Waals surface area contributed by atoms with Crippen LogP contribution in [0, 0.1) is 0 Å². The quantitative estimate of drug-likeness (QED) is 0.653. The molecule has 0 spiro atoms. The number of carboxylic acids is 1. The fourth-order valence-electron chi connectivity index (χ4n) is 1.84. The molecule has 1 amide bonds. The van der Waals surface area contributed by atoms with E-state index in [4.69, 9.17) is 10.8 Å². The molecule has 0 saturated carbocycles. The Morgan fingerprint density at radius 2 is 2.05 bits per heavy atom. The molecule has 0 saturated heterocycles. The number of anilines is 2. The average molecular weight is 289 g/mol. The van der Waals surface area contributed by atoms with E-state index in [0.717, 1.165) is 5.56 Å². The van der Waals surface area contributed by atoms with E-state index in [2.05, 4.69) is 20.5 Å². The number of aromatic amines is 1. The number of nitrogens with zero attached hydrogens (tertiary/aromatic N) is 2. The summed E-state index contributed by atoms with van der Waals surface area (Å²) < 4.78 is 0. The van der Waals surface area contributed by atoms with Crippen molar-refractivity contribution in [1.29, 1.82) is 0 Å². The number of carbonyl (C=O) groups excluding carboxylic acids is 1. The number of aromatic nitrogens is 3. The molecule has 1 atom stereocenters. The van der Waals surface area contributed by atoms with Crippen molar-refractivity contribution in [3.8, 4) is 0 Å². The Morgan fingerprint density at radius 3 is 2.57 bits per heavy atom. The van der Waals surface area contributed by atoms with Gasteiger partial charge >= 0.3 is 5.97 Å². The highest BCUT2D eigenvalue weighted by atomic mass is 16.4. The number of carboxylic acid groups (broad SMARTS) is 1. The fraction of sp³-hybridized carbons (Fsp3) is 0.231. The van der Waals surface area contributed by atoms with Gasteiger partial charge in [-0.25, -0.2) is 0 Å². The van der Waals surface area contributed by atoms with Crippen LogP contribution in [0.25, 0.3) is 0 Å². The molecule has 1 unspecified atom stereocenters. The van der Waals surface area contributed by atoms with Gasteiger partial charge in [-0.2, -0.15) is 4.98 Å². The third kappa shape index (κ3) is 3.78. The summed E-state index contributed by atoms with van der Waals surface area (Å²) in [6, 6.07) is 6.95. The summed E-state index contributed by atoms with van der Waals surface area (Å²) in [6.45, 7) is 1.83. The zero-order chi connectivity index (χ0) is 15.4. The van der Waals surface area contributed by atoms with Crippen molar-refractivity contribution in [2.45, 2.75) is 19.3 Å². The van der Waals surface area contributed by atoms with E-state index in [-0.39, 0.29) is 24.1 Å². The van der Waals surface area contributed by atoms with Crippen molar-refractivity contribution in [2.24, 2.45) is 0 Å². The Bertz CT molecular complexity index is 650. The molecule has 21 heavy (non-hydrogen) atoms. The van der Waals surface area contributed by atoms with Gasteiger partial charge in [-0.05, 0) is 23.6 Å². The zero-order valence-corrected chi connectivity index (χ0v) is 11.3. The van der Waals surface area contributed by atoms with E-state index in [1.54, 1.807) is 24.3 Å². The first-order valence-corrected chi connectivity index (χ1v) is 6.26. The van der Waals surface area contributed by atoms with Gasteiger partial charge in [-0.15, -0.1) is 5.10 Å². The highest BCUT2D eigenvalue weighted by Gasteiger charge is 2.12. The smallest absolute Gasteiger partial charge is 0.303 e. The molecular weight excluding hydrogens is 274 g/mol. The number of hydrogen-bond donors (Lipinski definition) is 4. The Balaban J connectivity index is 2.02. The summed E-state index contributed by atoms with van der Waals surface area (Å²) in [5, 5.41) is 17.4. The lowest BCUT2D eigenvalue weighted by atomic mass is 9.98. The summed E-state index contributed by atoms with van der Waals surface area (Å²) in [5.74, 6) is -1.37. The van der Waals surface area contributed by atoms with E-state index in [1.807, 2.05) is 6.92 Å². The molecule has 0 aliphatic carbocycles. The van der Waals surface area contributed by atoms with Crippen molar-refractivity contribution >= 4 is 23.5 Å². The predicted octanol–water partition coefficient (Wildman–Crippen LogP) is 1.22. The van der Waals surface area contributed by atoms with Crippen molar-refractivity contribution in [3.63, 3.8) is 0 Å². The van der Waals surface area contributed by atoms with Gasteiger partial charge in [0.25, 0.3) is 5.91 Å². The van der Waals surface area contributed by atoms with Gasteiger partial charge in [-0.1, -0.05) is 19.1 Å². The maximum atomic E-state index is 11.8. The number of benzene rings is 1. The monoisotopic (exact) mass is 289 g/mol. The van der Waals surface area contributed by atoms with E-state index in [0.29, 0.717) is 5.69 Å². The predicted molar refractivity (Wildman–Crippen MR) is 75.9 cm³/mol. The number of nitrogens with two attached hydrogens (primary N) is 1. The second kappa shape index (κ2) is 6.04. The number of hydrogen-bond acceptors (Lipinski definition) is 5. The molecular formula is C13H15N5O3. The van der Waals surface area contributed by atoms with Gasteiger partial charge in [0.05, 0.1) is 6.42 Å². The van der Waals surface area contributed by atoms with E-state index in [1.165, 1.54) is 0 Å². The molecule has 0 radical (unpaired) electrons. The molecule has 1 heterocycles. The summed E-state index contributed by atoms with van der Waals surface area (Å²) in [7, 11) is 0. The largest absolute Gasteiger partial charge is 0.481 e. The third-order valence-corrected chi connectivity index (χ3v) is 2.94. The van der Waals surface area contributed by atoms with Crippen molar-refractivity contribution in [1.82, 2.24) is 15.2 Å². The Kier molecular flexibility index (Phi) is 4.17. The van der Waals surface area contributed by atoms with Crippen molar-refractivity contribution in [2.75, 3.05) is 11.1 Å². The molecule has 5 N–H and O–H groups in total. The van der Waals surface area contributed by atoms with E-state index < -0.39 is 11.9 Å². The first-order valence-electron chi connectivity index (χ1n) is 6.26. The van der Waals surface area contributed by atoms with Crippen molar-refractivity contribution < 1.29 is 14.7 Å². The molecule has 0 aliphatic heterocycles. The topological polar surface area (TPSA) is 134 Å². The van der Waals surface area contributed by atoms with Gasteiger partial charge in [0.1, 0.15) is 0 Å². The molecule has 0 fully saturated rings. The maximum Gasteiger partial charge on any atom is 0.303 e. The highest BCUT2D eigenvalue weighted by molar-refractivity contribution is 6.01. The molecule has 0 bridgehead atoms. The number of carbonyl (C=O) groups is 2. The average Bonchev–Trinajstić information content (AvgIpc) is 2.85. The third-order valence-electron chi connectivity index (χ3n) is 2.94. The number of rotatable bonds is 5. The van der Waals surface area contributed by atoms with Crippen LogP contribution >= 0.6 is 0 Å². The van der Waals surface area contributed by atoms with Crippen LogP contribution in [0.5, 0.6) is 0 Å². The lowest BCUT2D eigenvalue weighted by molar-refractivity contribution is -0.137. The molecule has 1 aromatic heterocycles. The SMILES string of the molecule is CC(CC(=O)O)c1ccc(NC(=O)c2nc(N)n[nH]2)cc1. The molecule has 2 aromatic rings. The number of aliphatic carboxylic acids is 1. The van der Waals surface area contributed by atoms with Crippen molar-refractivity contribution in [3.05, 3.63) is 35.7 Å². The molecule has 2 rings (SSSR count). The Labute approximate surface area is 120 Å². The zero-order valence-electron chi connectivity index (χ0n) is 11.3. The van der Waals surface area contributed by atoms with Gasteiger partial charge in [-0.3, -0.25) is 14.7 Å². The first kappa shape index (κ1) is 14.5. The van der Waals surface area contributed by atoms with Gasteiger partial charge in [0.2, 0.25) is 11.8 Å². The fourth-order valence-corrected chi connectivity index (χ4v) is 1.84. The maximum absolute atomic E-state index is 11.8. The number of nitrogens with one attached hydrogen (secondary N) is 2. The van der Waals surface area contributed by atoms with Crippen LogP contribution in [0.15, 0.2) is 24.3 Å². The van der Waals surface area contributed by atoms with E-state index >= 15 is 0 Å². The summed E-state index contributed by atoms with van der Waals surface area (Å²) in [5.41, 5.74) is 6.78. The Morgan fingerprint density at radius 1 is 1.38 bits per heavy atom. The number of amides is 1. The van der Waals surface area contributed by atoms with Crippen LogP contribution in [0.3, 0.4) is 0 Å². The van der Waals surface area contributed by atoms with E-state index in [9.17, 15) is 9.59 Å². The number of nitrogen functional groups attached to an aromatic ring is 1. The molecule has 8 heteroatoms. The van der Waals surface area contributed by atoms with Gasteiger partial charge in [0.15, 0.2) is 0 Å². The molecule has 0 aliphatic rings. The van der Waals surface area contributed by atoms with Crippen LogP contribution < -0.4 is 11.1 Å². The van der Waals surface area contributed by atoms with Crippen LogP contribution in [0.1, 0.15) is 35.4 Å². The van der Waals surface area contributed by atoms with Crippen LogP contribution in [0.4, 0.5) is 11.6 Å². The lowest BCUT2D eigenvalue weighted by Crippen LogP contribution is -2.14. The minimum atomic E-state index is -0.845. The number of H-pyrrole nitrogens is 1. The molecule has 1 aromatic carbocycles. The molecule has 110 valence electrons. The van der Waals surface area contributed by atoms with Crippen LogP contribution in [0.2, 0.25) is 0 Å². The highest BCUT2D eigenvalue weighted by Crippen LogP contribution is 2.21. The minimum absolute atomic E-state index is 0.00186. The lowest BCUT2D eigenvalue weighted by Gasteiger charge is -2.10. The summed E-state index contributed by atoms with van der Waals surface area (Å²) >= 11 is 0.